The lowest BCUT2D eigenvalue weighted by Gasteiger charge is -2.24. The SMILES string of the molecule is C=C(Nc1cc(O[C@@H](C)C(F)(F)F)c(C(=O)Nc2c(F)cccc2Cl)cc1F)N1CCC(F)(F)C1. The molecule has 1 fully saturated rings. The van der Waals surface area contributed by atoms with Gasteiger partial charge in [0.05, 0.1) is 34.3 Å². The van der Waals surface area contributed by atoms with Crippen molar-refractivity contribution in [2.75, 3.05) is 23.7 Å². The van der Waals surface area contributed by atoms with Crippen LogP contribution < -0.4 is 15.4 Å². The molecule has 2 aromatic carbocycles. The third kappa shape index (κ3) is 6.30. The van der Waals surface area contributed by atoms with Crippen LogP contribution in [-0.2, 0) is 0 Å². The number of hydrogen-bond acceptors (Lipinski definition) is 4. The van der Waals surface area contributed by atoms with Crippen LogP contribution in [0.1, 0.15) is 23.7 Å². The first-order valence-corrected chi connectivity index (χ1v) is 10.5. The molecule has 0 radical (unpaired) electrons. The van der Waals surface area contributed by atoms with Crippen LogP contribution in [0.2, 0.25) is 5.02 Å². The van der Waals surface area contributed by atoms with Crippen LogP contribution in [0.3, 0.4) is 0 Å². The van der Waals surface area contributed by atoms with Crippen LogP contribution in [0.25, 0.3) is 0 Å². The van der Waals surface area contributed by atoms with Crippen LogP contribution in [0.15, 0.2) is 42.7 Å². The van der Waals surface area contributed by atoms with Gasteiger partial charge in [-0.2, -0.15) is 13.2 Å². The van der Waals surface area contributed by atoms with Crippen molar-refractivity contribution in [3.8, 4) is 5.75 Å². The molecule has 0 spiro atoms. The van der Waals surface area contributed by atoms with E-state index in [4.69, 9.17) is 16.3 Å². The molecule has 1 saturated heterocycles. The zero-order valence-corrected chi connectivity index (χ0v) is 18.8. The molecule has 190 valence electrons. The van der Waals surface area contributed by atoms with E-state index in [1.165, 1.54) is 12.1 Å². The number of para-hydroxylation sites is 1. The number of halogens is 8. The summed E-state index contributed by atoms with van der Waals surface area (Å²) in [6, 6.07) is 4.82. The number of anilines is 2. The van der Waals surface area contributed by atoms with Gasteiger partial charge in [-0.25, -0.2) is 17.6 Å². The molecule has 1 aliphatic rings. The van der Waals surface area contributed by atoms with Crippen molar-refractivity contribution in [2.45, 2.75) is 31.5 Å². The largest absolute Gasteiger partial charge is 0.480 e. The molecule has 35 heavy (non-hydrogen) atoms. The predicted octanol–water partition coefficient (Wildman–Crippen LogP) is 6.42. The Balaban J connectivity index is 1.94. The van der Waals surface area contributed by atoms with Crippen molar-refractivity contribution in [3.05, 3.63) is 65.0 Å². The van der Waals surface area contributed by atoms with E-state index in [0.717, 1.165) is 17.0 Å². The van der Waals surface area contributed by atoms with Gasteiger partial charge in [0, 0.05) is 19.0 Å². The van der Waals surface area contributed by atoms with Gasteiger partial charge in [-0.05, 0) is 25.1 Å². The molecule has 0 unspecified atom stereocenters. The smallest absolute Gasteiger partial charge is 0.425 e. The van der Waals surface area contributed by atoms with E-state index < -0.39 is 71.4 Å². The molecule has 2 aromatic rings. The topological polar surface area (TPSA) is 53.6 Å². The van der Waals surface area contributed by atoms with E-state index in [0.29, 0.717) is 13.0 Å². The minimum absolute atomic E-state index is 0.0845. The number of hydrogen-bond donors (Lipinski definition) is 2. The van der Waals surface area contributed by atoms with Crippen molar-refractivity contribution in [2.24, 2.45) is 0 Å². The lowest BCUT2D eigenvalue weighted by atomic mass is 10.1. The first-order chi connectivity index (χ1) is 16.2. The highest BCUT2D eigenvalue weighted by Gasteiger charge is 2.40. The maximum Gasteiger partial charge on any atom is 0.425 e. The summed E-state index contributed by atoms with van der Waals surface area (Å²) in [6.07, 6.45) is -7.70. The Morgan fingerprint density at radius 1 is 1.20 bits per heavy atom. The van der Waals surface area contributed by atoms with Crippen molar-refractivity contribution in [3.63, 3.8) is 0 Å². The quantitative estimate of drug-likeness (QED) is 0.409. The molecular weight excluding hydrogens is 507 g/mol. The Labute approximate surface area is 200 Å². The van der Waals surface area contributed by atoms with Gasteiger partial charge in [0.15, 0.2) is 6.10 Å². The predicted molar refractivity (Wildman–Crippen MR) is 116 cm³/mol. The molecule has 2 N–H and O–H groups in total. The molecule has 0 saturated carbocycles. The zero-order chi connectivity index (χ0) is 26.1. The van der Waals surface area contributed by atoms with Gasteiger partial charge in [-0.1, -0.05) is 24.2 Å². The summed E-state index contributed by atoms with van der Waals surface area (Å²) in [7, 11) is 0. The molecule has 1 amide bonds. The number of likely N-dealkylation sites (tertiary alicyclic amines) is 1. The monoisotopic (exact) mass is 525 g/mol. The average Bonchev–Trinajstić information content (AvgIpc) is 3.12. The van der Waals surface area contributed by atoms with E-state index in [1.54, 1.807) is 0 Å². The van der Waals surface area contributed by atoms with E-state index >= 15 is 0 Å². The molecule has 13 heteroatoms. The molecule has 1 heterocycles. The molecule has 0 bridgehead atoms. The second kappa shape index (κ2) is 9.84. The number of ether oxygens (including phenoxy) is 1. The Morgan fingerprint density at radius 3 is 2.46 bits per heavy atom. The van der Waals surface area contributed by atoms with E-state index in [-0.39, 0.29) is 17.4 Å². The van der Waals surface area contributed by atoms with Crippen LogP contribution in [0, 0.1) is 11.6 Å². The second-order valence-electron chi connectivity index (χ2n) is 7.78. The van der Waals surface area contributed by atoms with E-state index in [9.17, 15) is 35.5 Å². The number of carbonyl (C=O) groups is 1. The number of alkyl halides is 5. The minimum atomic E-state index is -4.84. The average molecular weight is 526 g/mol. The number of amides is 1. The second-order valence-corrected chi connectivity index (χ2v) is 8.19. The molecule has 5 nitrogen and oxygen atoms in total. The summed E-state index contributed by atoms with van der Waals surface area (Å²) in [5.74, 6) is -7.09. The van der Waals surface area contributed by atoms with Gasteiger partial charge in [0.2, 0.25) is 0 Å². The number of nitrogens with zero attached hydrogens (tertiary/aromatic N) is 1. The maximum absolute atomic E-state index is 14.8. The van der Waals surface area contributed by atoms with Gasteiger partial charge in [-0.15, -0.1) is 0 Å². The summed E-state index contributed by atoms with van der Waals surface area (Å²) in [5, 5.41) is 4.30. The Hall–Kier alpha value is -3.15. The van der Waals surface area contributed by atoms with Crippen molar-refractivity contribution in [1.82, 2.24) is 4.90 Å². The fourth-order valence-corrected chi connectivity index (χ4v) is 3.39. The Bertz CT molecular complexity index is 1120. The number of benzene rings is 2. The summed E-state index contributed by atoms with van der Waals surface area (Å²) in [6.45, 7) is 3.46. The standard InChI is InChI=1S/C22H19ClF7N3O2/c1-11(22(28,29)30)35-18-9-17(31-12(2)33-7-6-21(26,27)10-33)16(25)8-13(18)20(34)32-19-14(23)4-3-5-15(19)24/h3-5,8-9,11,31H,2,6-7,10H2,1H3,(H,32,34)/t11-/m0/s1. The van der Waals surface area contributed by atoms with E-state index in [2.05, 4.69) is 17.2 Å². The fourth-order valence-electron chi connectivity index (χ4n) is 3.18. The minimum Gasteiger partial charge on any atom is -0.480 e. The first kappa shape index (κ1) is 26.5. The number of nitrogens with one attached hydrogen (secondary N) is 2. The van der Waals surface area contributed by atoms with Crippen LogP contribution >= 0.6 is 11.6 Å². The van der Waals surface area contributed by atoms with E-state index in [1.807, 2.05) is 0 Å². The normalized spacial score (nSPS) is 16.1. The third-order valence-corrected chi connectivity index (χ3v) is 5.43. The van der Waals surface area contributed by atoms with Crippen molar-refractivity contribution >= 4 is 28.9 Å². The van der Waals surface area contributed by atoms with Crippen molar-refractivity contribution in [1.29, 1.82) is 0 Å². The van der Waals surface area contributed by atoms with Crippen LogP contribution in [0.4, 0.5) is 42.1 Å². The van der Waals surface area contributed by atoms with Gasteiger partial charge >= 0.3 is 6.18 Å². The molecule has 0 aromatic heterocycles. The first-order valence-electron chi connectivity index (χ1n) is 10.1. The number of rotatable bonds is 7. The molecule has 1 aliphatic heterocycles. The lowest BCUT2D eigenvalue weighted by Crippen LogP contribution is -2.32. The summed E-state index contributed by atoms with van der Waals surface area (Å²) in [4.78, 5) is 13.9. The highest BCUT2D eigenvalue weighted by atomic mass is 35.5. The Morgan fingerprint density at radius 2 is 1.89 bits per heavy atom. The zero-order valence-electron chi connectivity index (χ0n) is 18.1. The Kier molecular flexibility index (Phi) is 7.44. The molecule has 3 rings (SSSR count). The van der Waals surface area contributed by atoms with Crippen LogP contribution in [-0.4, -0.2) is 42.1 Å². The van der Waals surface area contributed by atoms with Gasteiger partial charge in [-0.3, -0.25) is 4.79 Å². The molecular formula is C22H19ClF7N3O2. The highest BCUT2D eigenvalue weighted by molar-refractivity contribution is 6.34. The summed E-state index contributed by atoms with van der Waals surface area (Å²) in [5.41, 5.74) is -1.64. The third-order valence-electron chi connectivity index (χ3n) is 5.11. The number of carbonyl (C=O) groups excluding carboxylic acids is 1. The maximum atomic E-state index is 14.8. The van der Waals surface area contributed by atoms with Gasteiger partial charge in [0.25, 0.3) is 11.8 Å². The summed E-state index contributed by atoms with van der Waals surface area (Å²) < 4.78 is 100. The fraction of sp³-hybridized carbons (Fsp3) is 0.318. The van der Waals surface area contributed by atoms with Crippen molar-refractivity contribution < 1.29 is 40.3 Å². The van der Waals surface area contributed by atoms with Gasteiger partial charge in [0.1, 0.15) is 17.4 Å². The van der Waals surface area contributed by atoms with Gasteiger partial charge < -0.3 is 20.3 Å². The molecule has 0 aliphatic carbocycles. The molecule has 1 atom stereocenters. The van der Waals surface area contributed by atoms with Crippen LogP contribution in [0.5, 0.6) is 5.75 Å². The highest BCUT2D eigenvalue weighted by Crippen LogP contribution is 2.34. The lowest BCUT2D eigenvalue weighted by molar-refractivity contribution is -0.189. The summed E-state index contributed by atoms with van der Waals surface area (Å²) >= 11 is 5.85.